The molecule has 0 saturated heterocycles. The lowest BCUT2D eigenvalue weighted by atomic mass is 9.95. The van der Waals surface area contributed by atoms with E-state index in [1.165, 1.54) is 24.2 Å². The van der Waals surface area contributed by atoms with E-state index in [1.54, 1.807) is 11.8 Å². The Morgan fingerprint density at radius 3 is 2.59 bits per heavy atom. The Morgan fingerprint density at radius 2 is 1.84 bits per heavy atom. The van der Waals surface area contributed by atoms with E-state index in [2.05, 4.69) is 28.4 Å². The van der Waals surface area contributed by atoms with Gasteiger partial charge in [0.15, 0.2) is 18.9 Å². The van der Waals surface area contributed by atoms with Gasteiger partial charge in [-0.3, -0.25) is 9.59 Å². The first-order chi connectivity index (χ1) is 15.6. The van der Waals surface area contributed by atoms with E-state index >= 15 is 0 Å². The zero-order valence-corrected chi connectivity index (χ0v) is 19.2. The van der Waals surface area contributed by atoms with Gasteiger partial charge in [0.25, 0.3) is 0 Å². The van der Waals surface area contributed by atoms with Crippen molar-refractivity contribution in [3.63, 3.8) is 0 Å². The highest BCUT2D eigenvalue weighted by Crippen LogP contribution is 2.46. The Bertz CT molecular complexity index is 984. The molecule has 4 rings (SSSR count). The molecule has 2 heterocycles. The zero-order chi connectivity index (χ0) is 22.3. The molecular formula is C25H31N4O2S+. The van der Waals surface area contributed by atoms with Gasteiger partial charge in [-0.1, -0.05) is 43.2 Å². The fraction of sp³-hybridized carbons (Fsp3) is 0.400. The van der Waals surface area contributed by atoms with E-state index in [0.29, 0.717) is 32.0 Å². The molecule has 1 aromatic heterocycles. The highest BCUT2D eigenvalue weighted by molar-refractivity contribution is 8.03. The van der Waals surface area contributed by atoms with Crippen LogP contribution in [0, 0.1) is 0 Å². The van der Waals surface area contributed by atoms with E-state index in [9.17, 15) is 9.59 Å². The summed E-state index contributed by atoms with van der Waals surface area (Å²) in [5.41, 5.74) is 7.47. The van der Waals surface area contributed by atoms with Crippen LogP contribution in [0.15, 0.2) is 58.7 Å². The number of hydrogen-bond donors (Lipinski definition) is 2. The summed E-state index contributed by atoms with van der Waals surface area (Å²) in [5.74, 6) is -0.159. The number of nitrogens with two attached hydrogens (primary N) is 1. The molecule has 7 heteroatoms. The van der Waals surface area contributed by atoms with Gasteiger partial charge in [-0.2, -0.15) is 0 Å². The number of benzene rings is 1. The van der Waals surface area contributed by atoms with Gasteiger partial charge in [0, 0.05) is 36.0 Å². The van der Waals surface area contributed by atoms with Gasteiger partial charge >= 0.3 is 0 Å². The summed E-state index contributed by atoms with van der Waals surface area (Å²) in [4.78, 5) is 27.0. The quantitative estimate of drug-likeness (QED) is 0.601. The number of thioether (sulfide) groups is 1. The number of fused-ring (bicyclic) bond motifs is 1. The Kier molecular flexibility index (Phi) is 7.47. The Hall–Kier alpha value is -2.80. The van der Waals surface area contributed by atoms with Gasteiger partial charge in [-0.05, 0) is 36.6 Å². The second kappa shape index (κ2) is 10.7. The first-order valence-electron chi connectivity index (χ1n) is 11.4. The maximum atomic E-state index is 12.6. The van der Waals surface area contributed by atoms with Crippen LogP contribution in [0.5, 0.6) is 0 Å². The average Bonchev–Trinajstić information content (AvgIpc) is 3.14. The van der Waals surface area contributed by atoms with Crippen molar-refractivity contribution >= 4 is 35.3 Å². The number of carbonyl (C=O) groups is 2. The van der Waals surface area contributed by atoms with Crippen LogP contribution in [-0.4, -0.2) is 24.4 Å². The van der Waals surface area contributed by atoms with Crippen molar-refractivity contribution in [3.8, 4) is 0 Å². The Morgan fingerprint density at radius 1 is 1.09 bits per heavy atom. The first kappa shape index (κ1) is 22.4. The van der Waals surface area contributed by atoms with E-state index in [-0.39, 0.29) is 11.8 Å². The third-order valence-electron chi connectivity index (χ3n) is 5.99. The summed E-state index contributed by atoms with van der Waals surface area (Å²) >= 11 is 1.73. The number of aryl methyl sites for hydroxylation is 1. The molecule has 6 nitrogen and oxygen atoms in total. The lowest BCUT2D eigenvalue weighted by Crippen LogP contribution is -2.37. The van der Waals surface area contributed by atoms with Gasteiger partial charge in [0.1, 0.15) is 0 Å². The fourth-order valence-electron chi connectivity index (χ4n) is 4.25. The van der Waals surface area contributed by atoms with E-state index in [1.807, 2.05) is 41.2 Å². The third-order valence-corrected chi connectivity index (χ3v) is 7.11. The molecule has 1 aliphatic heterocycles. The van der Waals surface area contributed by atoms with Crippen LogP contribution < -0.4 is 20.5 Å². The molecule has 0 spiro atoms. The average molecular weight is 452 g/mol. The summed E-state index contributed by atoms with van der Waals surface area (Å²) in [6.45, 7) is 1.23. The number of rotatable bonds is 8. The van der Waals surface area contributed by atoms with Crippen LogP contribution in [0.2, 0.25) is 0 Å². The number of nitrogens with zero attached hydrogens (tertiary/aromatic N) is 2. The minimum Gasteiger partial charge on any atom is -0.369 e. The topological polar surface area (TPSA) is 79.3 Å². The van der Waals surface area contributed by atoms with Crippen molar-refractivity contribution < 1.29 is 14.2 Å². The summed E-state index contributed by atoms with van der Waals surface area (Å²) in [6, 6.07) is 12.7. The molecule has 2 amide bonds. The molecule has 0 bridgehead atoms. The van der Waals surface area contributed by atoms with E-state index < -0.39 is 0 Å². The second-order valence-corrected chi connectivity index (χ2v) is 9.50. The Balaban J connectivity index is 1.43. The van der Waals surface area contributed by atoms with Crippen molar-refractivity contribution in [2.24, 2.45) is 5.73 Å². The van der Waals surface area contributed by atoms with Crippen LogP contribution in [0.1, 0.15) is 50.5 Å². The number of nitrogens with one attached hydrogen (secondary N) is 1. The number of hydrogen-bond acceptors (Lipinski definition) is 4. The molecule has 168 valence electrons. The third kappa shape index (κ3) is 5.91. The molecular weight excluding hydrogens is 420 g/mol. The second-order valence-electron chi connectivity index (χ2n) is 8.44. The van der Waals surface area contributed by atoms with Gasteiger partial charge in [0.05, 0.1) is 17.1 Å². The number of carbonyl (C=O) groups excluding carboxylic acids is 2. The van der Waals surface area contributed by atoms with Gasteiger partial charge in [0.2, 0.25) is 11.8 Å². The van der Waals surface area contributed by atoms with E-state index in [4.69, 9.17) is 5.73 Å². The molecule has 2 aromatic rings. The van der Waals surface area contributed by atoms with Crippen LogP contribution >= 0.6 is 11.8 Å². The SMILES string of the molecule is NC(=O)CC[n+]1ccc(C=C2Sc3ccccc3N2CCC(=O)NC2CCCCC2)cc1. The van der Waals surface area contributed by atoms with Crippen LogP contribution in [0.4, 0.5) is 5.69 Å². The Labute approximate surface area is 193 Å². The van der Waals surface area contributed by atoms with Crippen molar-refractivity contribution in [2.45, 2.75) is 62.4 Å². The number of anilines is 1. The van der Waals surface area contributed by atoms with Crippen molar-refractivity contribution in [3.05, 3.63) is 59.4 Å². The molecule has 32 heavy (non-hydrogen) atoms. The number of primary amides is 1. The van der Waals surface area contributed by atoms with E-state index in [0.717, 1.165) is 29.1 Å². The maximum Gasteiger partial charge on any atom is 0.223 e. The number of pyridine rings is 1. The van der Waals surface area contributed by atoms with Gasteiger partial charge < -0.3 is 16.0 Å². The fourth-order valence-corrected chi connectivity index (χ4v) is 5.40. The summed E-state index contributed by atoms with van der Waals surface area (Å²) in [5, 5.41) is 4.35. The first-order valence-corrected chi connectivity index (χ1v) is 12.2. The van der Waals surface area contributed by atoms with Gasteiger partial charge in [-0.25, -0.2) is 4.57 Å². The van der Waals surface area contributed by atoms with Crippen molar-refractivity contribution in [1.82, 2.24) is 5.32 Å². The maximum absolute atomic E-state index is 12.6. The van der Waals surface area contributed by atoms with Gasteiger partial charge in [-0.15, -0.1) is 0 Å². The lowest BCUT2D eigenvalue weighted by Gasteiger charge is -2.24. The summed E-state index contributed by atoms with van der Waals surface area (Å²) < 4.78 is 1.96. The predicted molar refractivity (Wildman–Crippen MR) is 128 cm³/mol. The molecule has 1 saturated carbocycles. The minimum atomic E-state index is -0.299. The van der Waals surface area contributed by atoms with Crippen LogP contribution in [0.25, 0.3) is 6.08 Å². The number of amides is 2. The van der Waals surface area contributed by atoms with Crippen LogP contribution in [0.3, 0.4) is 0 Å². The molecule has 1 aliphatic carbocycles. The van der Waals surface area contributed by atoms with Crippen LogP contribution in [-0.2, 0) is 16.1 Å². The lowest BCUT2D eigenvalue weighted by molar-refractivity contribution is -0.695. The minimum absolute atomic E-state index is 0.140. The highest BCUT2D eigenvalue weighted by Gasteiger charge is 2.25. The molecule has 0 atom stereocenters. The molecule has 1 aromatic carbocycles. The molecule has 1 fully saturated rings. The van der Waals surface area contributed by atoms with Crippen molar-refractivity contribution in [1.29, 1.82) is 0 Å². The molecule has 2 aliphatic rings. The number of para-hydroxylation sites is 1. The highest BCUT2D eigenvalue weighted by atomic mass is 32.2. The standard InChI is InChI=1S/C25H30N4O2S/c26-23(30)12-16-28-14-10-19(11-15-28)18-25-29(21-8-4-5-9-22(21)32-25)17-13-24(31)27-20-6-2-1-3-7-20/h4-5,8-11,14-15,18,20H,1-3,6-7,12-13,16-17H2,(H2-,26,27,30,31)/p+1. The predicted octanol–water partition coefficient (Wildman–Crippen LogP) is 3.60. The summed E-state index contributed by atoms with van der Waals surface area (Å²) in [7, 11) is 0. The zero-order valence-electron chi connectivity index (χ0n) is 18.3. The molecule has 3 N–H and O–H groups in total. The smallest absolute Gasteiger partial charge is 0.223 e. The van der Waals surface area contributed by atoms with Crippen molar-refractivity contribution in [2.75, 3.05) is 11.4 Å². The number of aromatic nitrogens is 1. The normalized spacial score (nSPS) is 17.4. The summed E-state index contributed by atoms with van der Waals surface area (Å²) in [6.07, 6.45) is 12.8. The molecule has 0 unspecified atom stereocenters. The largest absolute Gasteiger partial charge is 0.369 e. The molecule has 0 radical (unpaired) electrons. The monoisotopic (exact) mass is 451 g/mol.